The molecule has 0 rings (SSSR count). The van der Waals surface area contributed by atoms with E-state index in [2.05, 4.69) is 38.5 Å². The molecule has 0 bridgehead atoms. The molecule has 0 saturated carbocycles. The van der Waals surface area contributed by atoms with Gasteiger partial charge in [0.05, 0.1) is 6.10 Å². The number of unbranched alkanes of at least 4 members (excludes halogenated alkanes) is 3. The van der Waals surface area contributed by atoms with Gasteiger partial charge in [0.2, 0.25) is 47.3 Å². The highest BCUT2D eigenvalue weighted by Gasteiger charge is 2.42. The molecule has 0 aliphatic carbocycles. The summed E-state index contributed by atoms with van der Waals surface area (Å²) in [5, 5.41) is 27.7. The number of amides is 13. The summed E-state index contributed by atoms with van der Waals surface area (Å²) in [4.78, 5) is 171. The predicted molar refractivity (Wildman–Crippen MR) is 350 cm³/mol. The van der Waals surface area contributed by atoms with E-state index < -0.39 is 137 Å². The minimum Gasteiger partial charge on any atom is -0.444 e. The van der Waals surface area contributed by atoms with Crippen LogP contribution >= 0.6 is 0 Å². The summed E-state index contributed by atoms with van der Waals surface area (Å²) in [6, 6.07) is -10.3. The number of aliphatic hydroxyl groups excluding tert-OH is 1. The highest BCUT2D eigenvalue weighted by atomic mass is 16.6. The van der Waals surface area contributed by atoms with Crippen molar-refractivity contribution in [2.45, 2.75) is 242 Å². The lowest BCUT2D eigenvalue weighted by atomic mass is 9.90. The minimum atomic E-state index is -1.39. The molecule has 3 unspecified atom stereocenters. The van der Waals surface area contributed by atoms with Crippen molar-refractivity contribution < 1.29 is 67.4 Å². The molecule has 0 aromatic rings. The number of hydrogen-bond donors (Lipinski definition) is 7. The standard InChI is InChI=1S/C65H118N12O14/c1-26-46(70-57(83)52(76(24)50(78)36-40(8)9)53(79)42(12)31-29-27-28-30-32-67-64(90)91-65(16,17)18)60(86)72(20)45(15)59(85)73(21)48(34-38(4)5)56(82)71-51(41(10)11)62(88)74(22)47(33-37(2)3)55(81)68-43(13)54(80)69-44(14)58(84)75(23)49(35-39(6)7)61(87)77(25)63(89)66-19/h37-44,46-49,51-53,79H,15,26-36H2,1-14,16-25H3,(H,66,89)(H,67,90)(H,68,81)(H,69,80)(H,70,83)(H,71,82)/t42-,43?,44?,46+,47+,48+,49+,51+,52?,53-/m1/s1. The summed E-state index contributed by atoms with van der Waals surface area (Å²) in [6.07, 6.45) is 2.23. The zero-order valence-corrected chi connectivity index (χ0v) is 59.6. The van der Waals surface area contributed by atoms with E-state index in [-0.39, 0.29) is 67.4 Å². The zero-order valence-electron chi connectivity index (χ0n) is 59.6. The fourth-order valence-corrected chi connectivity index (χ4v) is 10.1. The summed E-state index contributed by atoms with van der Waals surface area (Å²) in [7, 11) is 9.59. The molecule has 0 aromatic heterocycles. The van der Waals surface area contributed by atoms with E-state index >= 15 is 0 Å². The van der Waals surface area contributed by atoms with Crippen LogP contribution in [-0.2, 0) is 52.7 Å². The molecule has 0 heterocycles. The van der Waals surface area contributed by atoms with Gasteiger partial charge >= 0.3 is 12.1 Å². The van der Waals surface area contributed by atoms with Crippen molar-refractivity contribution in [2.75, 3.05) is 55.9 Å². The van der Waals surface area contributed by atoms with Gasteiger partial charge in [-0.15, -0.1) is 0 Å². The molecule has 91 heavy (non-hydrogen) atoms. The van der Waals surface area contributed by atoms with Gasteiger partial charge in [-0.2, -0.15) is 0 Å². The topological polar surface area (TPSA) is 326 Å². The SMILES string of the molecule is C=C(C(=O)N(C)[C@@H](CC(C)C)C(=O)N[C@H](C(=O)N(C)[C@@H](CC(C)C)C(=O)NC(C)C(=O)NC(C)C(=O)N(C)[C@@H](CC(C)C)C(=O)N(C)C(=O)NC)C(C)C)N(C)C(=O)[C@H](CC)NC(=O)C([C@H](O)[C@H](C)CCCCCCNC(=O)OC(C)(C)C)N(C)C(=O)CC(C)C. The van der Waals surface area contributed by atoms with Crippen LogP contribution in [0.1, 0.15) is 182 Å². The van der Waals surface area contributed by atoms with E-state index in [0.29, 0.717) is 25.8 Å². The Morgan fingerprint density at radius 1 is 0.527 bits per heavy atom. The Kier molecular flexibility index (Phi) is 36.5. The highest BCUT2D eigenvalue weighted by molar-refractivity contribution is 6.02. The van der Waals surface area contributed by atoms with E-state index in [4.69, 9.17) is 4.74 Å². The lowest BCUT2D eigenvalue weighted by molar-refractivity contribution is -0.147. The first-order chi connectivity index (χ1) is 41.9. The number of urea groups is 1. The number of ether oxygens (including phenoxy) is 1. The molecule has 0 fully saturated rings. The summed E-state index contributed by atoms with van der Waals surface area (Å²) in [6.45, 7) is 34.2. The van der Waals surface area contributed by atoms with Crippen molar-refractivity contribution in [1.29, 1.82) is 0 Å². The molecule has 0 spiro atoms. The summed E-state index contributed by atoms with van der Waals surface area (Å²) < 4.78 is 5.28. The Morgan fingerprint density at radius 3 is 1.49 bits per heavy atom. The van der Waals surface area contributed by atoms with Gasteiger partial charge in [0.15, 0.2) is 0 Å². The van der Waals surface area contributed by atoms with Crippen molar-refractivity contribution in [3.63, 3.8) is 0 Å². The third-order valence-electron chi connectivity index (χ3n) is 15.8. The van der Waals surface area contributed by atoms with Gasteiger partial charge in [-0.05, 0) is 109 Å². The lowest BCUT2D eigenvalue weighted by Gasteiger charge is -2.36. The van der Waals surface area contributed by atoms with Crippen molar-refractivity contribution in [3.05, 3.63) is 12.3 Å². The number of aliphatic hydroxyl groups is 1. The summed E-state index contributed by atoms with van der Waals surface area (Å²) in [5.74, 6) is -8.22. The maximum atomic E-state index is 14.6. The number of nitrogens with zero attached hydrogens (tertiary/aromatic N) is 6. The first kappa shape index (κ1) is 84.1. The van der Waals surface area contributed by atoms with E-state index in [0.717, 1.165) is 27.5 Å². The number of hydrogen-bond acceptors (Lipinski definition) is 14. The van der Waals surface area contributed by atoms with Crippen molar-refractivity contribution in [3.8, 4) is 0 Å². The van der Waals surface area contributed by atoms with Gasteiger partial charge in [0.1, 0.15) is 59.6 Å². The van der Waals surface area contributed by atoms with Crippen molar-refractivity contribution in [2.24, 2.45) is 35.5 Å². The second-order valence-corrected chi connectivity index (χ2v) is 27.4. The Labute approximate surface area is 543 Å². The van der Waals surface area contributed by atoms with Crippen LogP contribution in [-0.4, -0.2) is 222 Å². The number of alkyl carbamates (subject to hydrolysis) is 1. The number of likely N-dealkylation sites (N-methyl/N-ethyl adjacent to an activating group) is 6. The van der Waals surface area contributed by atoms with Crippen LogP contribution in [0.25, 0.3) is 0 Å². The number of nitrogens with one attached hydrogen (secondary N) is 6. The molecule has 10 atom stereocenters. The molecule has 26 nitrogen and oxygen atoms in total. The van der Waals surface area contributed by atoms with Crippen molar-refractivity contribution >= 4 is 71.2 Å². The molecule has 26 heteroatoms. The molecule has 0 aliphatic heterocycles. The third-order valence-corrected chi connectivity index (χ3v) is 15.8. The van der Waals surface area contributed by atoms with Crippen LogP contribution in [0.5, 0.6) is 0 Å². The maximum Gasteiger partial charge on any atom is 0.407 e. The van der Waals surface area contributed by atoms with E-state index in [1.807, 2.05) is 55.4 Å². The Hall–Kier alpha value is -6.86. The van der Waals surface area contributed by atoms with Gasteiger partial charge < -0.3 is 66.2 Å². The zero-order chi connectivity index (χ0) is 70.9. The number of carbonyl (C=O) groups is 12. The fourth-order valence-electron chi connectivity index (χ4n) is 10.1. The van der Waals surface area contributed by atoms with Crippen LogP contribution in [0, 0.1) is 35.5 Å². The fraction of sp³-hybridized carbons (Fsp3) is 0.785. The largest absolute Gasteiger partial charge is 0.444 e. The number of imide groups is 1. The minimum absolute atomic E-state index is 0.0362. The van der Waals surface area contributed by atoms with E-state index in [1.54, 1.807) is 48.5 Å². The first-order valence-corrected chi connectivity index (χ1v) is 32.3. The average Bonchev–Trinajstić information content (AvgIpc) is 0.930. The molecule has 0 radical (unpaired) electrons. The smallest absolute Gasteiger partial charge is 0.407 e. The van der Waals surface area contributed by atoms with Crippen LogP contribution in [0.2, 0.25) is 0 Å². The Morgan fingerprint density at radius 2 is 1.01 bits per heavy atom. The monoisotopic (exact) mass is 1290 g/mol. The van der Waals surface area contributed by atoms with E-state index in [9.17, 15) is 62.6 Å². The summed E-state index contributed by atoms with van der Waals surface area (Å²) in [5.41, 5.74) is -0.957. The van der Waals surface area contributed by atoms with Crippen LogP contribution in [0.15, 0.2) is 12.3 Å². The summed E-state index contributed by atoms with van der Waals surface area (Å²) >= 11 is 0. The van der Waals surface area contributed by atoms with Gasteiger partial charge in [-0.25, -0.2) is 9.59 Å². The molecular formula is C65H118N12O14. The average molecular weight is 1290 g/mol. The van der Waals surface area contributed by atoms with Crippen LogP contribution in [0.4, 0.5) is 9.59 Å². The molecule has 522 valence electrons. The van der Waals surface area contributed by atoms with Crippen molar-refractivity contribution in [1.82, 2.24) is 61.3 Å². The Bertz CT molecular complexity index is 2460. The second kappa shape index (κ2) is 39.5. The maximum absolute atomic E-state index is 14.6. The normalized spacial score (nSPS) is 14.9. The van der Waals surface area contributed by atoms with Crippen LogP contribution < -0.4 is 31.9 Å². The van der Waals surface area contributed by atoms with Gasteiger partial charge in [0.25, 0.3) is 11.8 Å². The number of carbonyl (C=O) groups excluding carboxylic acids is 12. The lowest BCUT2D eigenvalue weighted by Crippen LogP contribution is -2.60. The quantitative estimate of drug-likeness (QED) is 0.0326. The predicted octanol–water partition coefficient (Wildman–Crippen LogP) is 4.77. The molecule has 0 aromatic carbocycles. The third kappa shape index (κ3) is 27.9. The van der Waals surface area contributed by atoms with Gasteiger partial charge in [-0.3, -0.25) is 52.8 Å². The molecule has 0 aliphatic rings. The van der Waals surface area contributed by atoms with Crippen LogP contribution in [0.3, 0.4) is 0 Å². The van der Waals surface area contributed by atoms with E-state index in [1.165, 1.54) is 77.9 Å². The number of rotatable bonds is 37. The highest BCUT2D eigenvalue weighted by Crippen LogP contribution is 2.24. The molecule has 7 N–H and O–H groups in total. The molecule has 13 amide bonds. The second-order valence-electron chi connectivity index (χ2n) is 27.4. The first-order valence-electron chi connectivity index (χ1n) is 32.3. The molecule has 0 saturated heterocycles. The molecular weight excluding hydrogens is 1170 g/mol. The van der Waals surface area contributed by atoms with Gasteiger partial charge in [-0.1, -0.05) is 109 Å². The Balaban J connectivity index is 6.50. The van der Waals surface area contributed by atoms with Gasteiger partial charge in [0, 0.05) is 62.3 Å².